The van der Waals surface area contributed by atoms with Crippen LogP contribution >= 0.6 is 0 Å². The minimum absolute atomic E-state index is 0.0221. The number of halogens is 1. The highest BCUT2D eigenvalue weighted by Crippen LogP contribution is 2.69. The lowest BCUT2D eigenvalue weighted by atomic mass is 9.45. The third kappa shape index (κ3) is 5.84. The van der Waals surface area contributed by atoms with E-state index in [9.17, 15) is 44.6 Å². The van der Waals surface area contributed by atoms with E-state index in [0.717, 1.165) is 0 Å². The first kappa shape index (κ1) is 34.4. The van der Waals surface area contributed by atoms with Crippen LogP contribution in [0.5, 0.6) is 0 Å². The van der Waals surface area contributed by atoms with Gasteiger partial charge in [0, 0.05) is 23.2 Å². The average Bonchev–Trinajstić information content (AvgIpc) is 3.18. The number of hydrogen-bond acceptors (Lipinski definition) is 14. The highest BCUT2D eigenvalue weighted by Gasteiger charge is 2.76. The van der Waals surface area contributed by atoms with Crippen LogP contribution in [0.15, 0.2) is 23.8 Å². The van der Waals surface area contributed by atoms with Crippen molar-refractivity contribution < 1.29 is 63.0 Å². The zero-order chi connectivity index (χ0) is 33.4. The fourth-order valence-electron chi connectivity index (χ4n) is 7.76. The smallest absolute Gasteiger partial charge is 0.464 e. The Kier molecular flexibility index (Phi) is 9.73. The van der Waals surface area contributed by atoms with Crippen LogP contribution in [0.1, 0.15) is 52.4 Å². The highest BCUT2D eigenvalue weighted by atomic mass is 19.1. The number of carbonyl (C=O) groups excluding carboxylic acids is 4. The van der Waals surface area contributed by atoms with E-state index in [-0.39, 0.29) is 51.1 Å². The van der Waals surface area contributed by atoms with Gasteiger partial charge in [0.25, 0.3) is 5.09 Å². The molecule has 0 bridgehead atoms. The Morgan fingerprint density at radius 2 is 1.82 bits per heavy atom. The first-order valence-corrected chi connectivity index (χ1v) is 14.7. The van der Waals surface area contributed by atoms with Gasteiger partial charge in [0.05, 0.1) is 25.4 Å². The Labute approximate surface area is 257 Å². The second-order valence-corrected chi connectivity index (χ2v) is 12.6. The maximum absolute atomic E-state index is 17.2. The minimum Gasteiger partial charge on any atom is -0.464 e. The number of carbonyl (C=O) groups is 4. The third-order valence-corrected chi connectivity index (χ3v) is 10.2. The van der Waals surface area contributed by atoms with Gasteiger partial charge >= 0.3 is 12.1 Å². The maximum atomic E-state index is 17.2. The Morgan fingerprint density at radius 1 is 1.13 bits per heavy atom. The van der Waals surface area contributed by atoms with E-state index in [1.807, 2.05) is 0 Å². The molecule has 5 N–H and O–H groups in total. The summed E-state index contributed by atoms with van der Waals surface area (Å²) < 4.78 is 31.7. The van der Waals surface area contributed by atoms with Crippen LogP contribution in [0.25, 0.3) is 0 Å². The molecule has 1 unspecified atom stereocenters. The molecule has 0 heterocycles. The van der Waals surface area contributed by atoms with Gasteiger partial charge in [0.1, 0.15) is 12.6 Å². The standard InChI is InChI=1S/C29H39FN2O13/c1-26-8-7-17(33)11-16(26)5-6-18-19-12-21(34)29(39,27(19,2)13-22(35)28(18,26)30)23(36)15-44-25(38)43-14-20(31)24(37)42-9-3-4-10-45-32(40)41/h5,7-8,18-22,34-35,39H,3-4,6,9-15,31H2,1-2H3/t18-,19-,20?,21+,22-,26-,27-,28-,29-/m0/s1. The van der Waals surface area contributed by atoms with E-state index >= 15 is 4.39 Å². The lowest BCUT2D eigenvalue weighted by Crippen LogP contribution is -2.69. The minimum atomic E-state index is -2.51. The average molecular weight is 643 g/mol. The van der Waals surface area contributed by atoms with Crippen molar-refractivity contribution in [3.05, 3.63) is 33.9 Å². The van der Waals surface area contributed by atoms with Crippen molar-refractivity contribution in [2.45, 2.75) is 81.9 Å². The van der Waals surface area contributed by atoms with Gasteiger partial charge in [-0.2, -0.15) is 0 Å². The summed E-state index contributed by atoms with van der Waals surface area (Å²) in [4.78, 5) is 63.7. The largest absolute Gasteiger partial charge is 0.508 e. The first-order chi connectivity index (χ1) is 21.0. The number of nitrogens with two attached hydrogens (primary N) is 1. The van der Waals surface area contributed by atoms with Crippen LogP contribution < -0.4 is 5.73 Å². The number of allylic oxidation sites excluding steroid dienone is 4. The van der Waals surface area contributed by atoms with Crippen molar-refractivity contribution >= 4 is 23.7 Å². The van der Waals surface area contributed by atoms with Crippen molar-refractivity contribution in [3.63, 3.8) is 0 Å². The van der Waals surface area contributed by atoms with Gasteiger partial charge in [-0.3, -0.25) is 14.4 Å². The molecule has 16 heteroatoms. The molecule has 2 saturated carbocycles. The number of esters is 1. The van der Waals surface area contributed by atoms with Gasteiger partial charge in [0.15, 0.2) is 23.7 Å². The number of fused-ring (bicyclic) bond motifs is 5. The molecule has 0 aliphatic heterocycles. The van der Waals surface area contributed by atoms with Crippen molar-refractivity contribution in [1.29, 1.82) is 0 Å². The van der Waals surface area contributed by atoms with Crippen LogP contribution in [0.2, 0.25) is 0 Å². The molecule has 0 saturated heterocycles. The zero-order valence-corrected chi connectivity index (χ0v) is 25.0. The lowest BCUT2D eigenvalue weighted by Gasteiger charge is -2.61. The molecule has 0 aromatic heterocycles. The van der Waals surface area contributed by atoms with Crippen LogP contribution in [-0.4, -0.2) is 100 Å². The predicted molar refractivity (Wildman–Crippen MR) is 148 cm³/mol. The second-order valence-electron chi connectivity index (χ2n) is 12.6. The molecule has 0 aromatic rings. The van der Waals surface area contributed by atoms with Crippen LogP contribution in [0.3, 0.4) is 0 Å². The van der Waals surface area contributed by atoms with Crippen LogP contribution in [0.4, 0.5) is 9.18 Å². The Balaban J connectivity index is 1.34. The topological polar surface area (TPSA) is 235 Å². The van der Waals surface area contributed by atoms with E-state index < -0.39 is 94.8 Å². The molecule has 2 fully saturated rings. The van der Waals surface area contributed by atoms with E-state index in [4.69, 9.17) is 19.9 Å². The summed E-state index contributed by atoms with van der Waals surface area (Å²) in [6, 6.07) is -1.41. The summed E-state index contributed by atoms with van der Waals surface area (Å²) in [6.07, 6.45) is -0.0957. The molecule has 45 heavy (non-hydrogen) atoms. The summed E-state index contributed by atoms with van der Waals surface area (Å²) in [5.41, 5.74) is -1.36. The fraction of sp³-hybridized carbons (Fsp3) is 0.724. The normalized spacial score (nSPS) is 37.3. The van der Waals surface area contributed by atoms with Crippen molar-refractivity contribution in [3.8, 4) is 0 Å². The van der Waals surface area contributed by atoms with Crippen molar-refractivity contribution in [2.24, 2.45) is 28.4 Å². The summed E-state index contributed by atoms with van der Waals surface area (Å²) >= 11 is 0. The molecule has 0 amide bonds. The molecule has 0 aromatic carbocycles. The molecule has 4 aliphatic rings. The Morgan fingerprint density at radius 3 is 2.51 bits per heavy atom. The number of hydrogen-bond donors (Lipinski definition) is 4. The molecule has 9 atom stereocenters. The van der Waals surface area contributed by atoms with Crippen molar-refractivity contribution in [2.75, 3.05) is 26.4 Å². The van der Waals surface area contributed by atoms with Gasteiger partial charge < -0.3 is 40.1 Å². The molecule has 0 spiro atoms. The molecular weight excluding hydrogens is 603 g/mol. The number of nitrogens with zero attached hydrogens (tertiary/aromatic N) is 1. The summed E-state index contributed by atoms with van der Waals surface area (Å²) in [5, 5.41) is 43.2. The van der Waals surface area contributed by atoms with Gasteiger partial charge in [0.2, 0.25) is 5.78 Å². The number of aliphatic hydroxyl groups is 3. The predicted octanol–water partition coefficient (Wildman–Crippen LogP) is 0.640. The number of ketones is 2. The molecule has 4 rings (SSSR count). The number of aliphatic hydroxyl groups excluding tert-OH is 2. The van der Waals surface area contributed by atoms with Gasteiger partial charge in [-0.15, -0.1) is 10.1 Å². The molecular formula is C29H39FN2O13. The lowest BCUT2D eigenvalue weighted by molar-refractivity contribution is -0.757. The van der Waals surface area contributed by atoms with Gasteiger partial charge in [-0.25, -0.2) is 9.18 Å². The van der Waals surface area contributed by atoms with E-state index in [0.29, 0.717) is 5.57 Å². The summed E-state index contributed by atoms with van der Waals surface area (Å²) in [6.45, 7) is 1.12. The summed E-state index contributed by atoms with van der Waals surface area (Å²) in [5.74, 6) is -3.85. The third-order valence-electron chi connectivity index (χ3n) is 10.2. The SMILES string of the molecule is C[C@]12C=CC(=O)CC1=CC[C@H]1[C@@H]3C[C@@H](O)[C@](O)(C(=O)COC(=O)OCC(N)C(=O)OCCCCO[N+](=O)[O-])[C@@]3(C)C[C@H](O)[C@@]12F. The molecule has 15 nitrogen and oxygen atoms in total. The van der Waals surface area contributed by atoms with E-state index in [2.05, 4.69) is 4.84 Å². The monoisotopic (exact) mass is 642 g/mol. The van der Waals surface area contributed by atoms with E-state index in [1.165, 1.54) is 19.1 Å². The number of Topliss-reactive ketones (excluding diaryl/α,β-unsaturated/α-hetero) is 1. The first-order valence-electron chi connectivity index (χ1n) is 14.7. The number of alkyl halides is 1. The Bertz CT molecular complexity index is 1290. The molecule has 4 aliphatic carbocycles. The quantitative estimate of drug-likeness (QED) is 0.0752. The molecule has 250 valence electrons. The second kappa shape index (κ2) is 12.7. The van der Waals surface area contributed by atoms with Gasteiger partial charge in [-0.1, -0.05) is 24.6 Å². The van der Waals surface area contributed by atoms with E-state index in [1.54, 1.807) is 13.0 Å². The Hall–Kier alpha value is -3.47. The number of unbranched alkanes of at least 4 members (excludes halogenated alkanes) is 1. The zero-order valence-electron chi connectivity index (χ0n) is 25.0. The maximum Gasteiger partial charge on any atom is 0.508 e. The fourth-order valence-corrected chi connectivity index (χ4v) is 7.76. The summed E-state index contributed by atoms with van der Waals surface area (Å²) in [7, 11) is 0. The number of ether oxygens (including phenoxy) is 3. The van der Waals surface area contributed by atoms with Crippen LogP contribution in [-0.2, 0) is 33.4 Å². The molecule has 0 radical (unpaired) electrons. The number of rotatable bonds is 12. The van der Waals surface area contributed by atoms with Crippen molar-refractivity contribution in [1.82, 2.24) is 0 Å². The van der Waals surface area contributed by atoms with Gasteiger partial charge in [-0.05, 0) is 51.0 Å². The highest BCUT2D eigenvalue weighted by molar-refractivity contribution is 5.94. The van der Waals surface area contributed by atoms with Crippen LogP contribution in [0, 0.1) is 32.8 Å².